The van der Waals surface area contributed by atoms with Crippen LogP contribution in [0.15, 0.2) is 30.5 Å². The van der Waals surface area contributed by atoms with Gasteiger partial charge >= 0.3 is 5.97 Å². The van der Waals surface area contributed by atoms with Gasteiger partial charge in [0.2, 0.25) is 0 Å². The Labute approximate surface area is 191 Å². The molecule has 3 atom stereocenters. The summed E-state index contributed by atoms with van der Waals surface area (Å²) in [5, 5.41) is 10.1. The lowest BCUT2D eigenvalue weighted by atomic mass is 10.1. The van der Waals surface area contributed by atoms with E-state index in [0.717, 1.165) is 25.8 Å². The molecule has 2 aromatic rings. The Kier molecular flexibility index (Phi) is 8.74. The van der Waals surface area contributed by atoms with E-state index in [1.807, 2.05) is 24.3 Å². The molecule has 2 heterocycles. The number of rotatable bonds is 7. The average molecular weight is 633 g/mol. The molecule has 154 valence electrons. The molecule has 0 aliphatic carbocycles. The van der Waals surface area contributed by atoms with Crippen molar-refractivity contribution < 1.29 is 24.2 Å². The van der Waals surface area contributed by atoms with Gasteiger partial charge < -0.3 is 15.0 Å². The molecule has 1 amide bonds. The van der Waals surface area contributed by atoms with Crippen LogP contribution in [0.3, 0.4) is 0 Å². The molecule has 3 N–H and O–H groups in total. The number of carboxylic acids is 1. The van der Waals surface area contributed by atoms with Crippen molar-refractivity contribution in [3.8, 4) is 0 Å². The molecule has 8 nitrogen and oxygen atoms in total. The molecular weight excluding hydrogens is 611 g/mol. The van der Waals surface area contributed by atoms with Gasteiger partial charge in [-0.3, -0.25) is 17.3 Å². The van der Waals surface area contributed by atoms with Crippen molar-refractivity contribution in [1.29, 1.82) is 0 Å². The van der Waals surface area contributed by atoms with Gasteiger partial charge in [-0.2, -0.15) is 2.88 Å². The first-order chi connectivity index (χ1) is 13.1. The largest absolute Gasteiger partial charge is 0.480 e. The number of carbonyl (C=O) groups is 2. The van der Waals surface area contributed by atoms with E-state index in [1.54, 1.807) is 32.2 Å². The summed E-state index contributed by atoms with van der Waals surface area (Å²) in [5.74, 6) is -0.185. The van der Waals surface area contributed by atoms with Crippen LogP contribution in [-0.4, -0.2) is 44.9 Å². The summed E-state index contributed by atoms with van der Waals surface area (Å²) in [4.78, 5) is 34.0. The molecule has 1 aromatic carbocycles. The SMILES string of the molecule is CC(C)CC1C(=O)N1I.O=C(O)C(Cc1c[nH]c2ccccc12)N(I)[PH](=O)O. The minimum Gasteiger partial charge on any atom is -0.480 e. The van der Waals surface area contributed by atoms with Crippen LogP contribution in [0.4, 0.5) is 0 Å². The molecule has 1 saturated heterocycles. The van der Waals surface area contributed by atoms with Crippen molar-refractivity contribution in [2.24, 2.45) is 5.92 Å². The maximum atomic E-state index is 11.2. The van der Waals surface area contributed by atoms with Gasteiger partial charge in [0.25, 0.3) is 14.1 Å². The summed E-state index contributed by atoms with van der Waals surface area (Å²) >= 11 is 3.64. The van der Waals surface area contributed by atoms with Crippen LogP contribution in [0.1, 0.15) is 25.8 Å². The number of para-hydroxylation sites is 1. The molecule has 0 spiro atoms. The van der Waals surface area contributed by atoms with Crippen LogP contribution in [0.5, 0.6) is 0 Å². The van der Waals surface area contributed by atoms with Crippen LogP contribution < -0.4 is 0 Å². The van der Waals surface area contributed by atoms with E-state index in [1.165, 1.54) is 0 Å². The molecule has 0 radical (unpaired) electrons. The fourth-order valence-electron chi connectivity index (χ4n) is 2.74. The van der Waals surface area contributed by atoms with Crippen molar-refractivity contribution in [2.75, 3.05) is 0 Å². The number of hydrogen-bond acceptors (Lipinski definition) is 3. The first-order valence-electron chi connectivity index (χ1n) is 8.58. The van der Waals surface area contributed by atoms with Crippen LogP contribution >= 0.6 is 53.9 Å². The molecule has 1 aliphatic heterocycles. The number of amides is 1. The Balaban J connectivity index is 0.000000261. The summed E-state index contributed by atoms with van der Waals surface area (Å²) in [5.41, 5.74) is 1.73. The molecule has 1 fully saturated rings. The number of halogens is 2. The molecule has 0 bridgehead atoms. The van der Waals surface area contributed by atoms with Gasteiger partial charge in [0.15, 0.2) is 0 Å². The first-order valence-corrected chi connectivity index (χ1v) is 11.8. The highest BCUT2D eigenvalue weighted by Crippen LogP contribution is 2.32. The molecule has 0 saturated carbocycles. The maximum absolute atomic E-state index is 11.2. The first kappa shape index (κ1) is 23.6. The van der Waals surface area contributed by atoms with Crippen LogP contribution in [0.2, 0.25) is 0 Å². The number of aromatic nitrogens is 1. The van der Waals surface area contributed by atoms with E-state index >= 15 is 0 Å². The van der Waals surface area contributed by atoms with Gasteiger partial charge in [0.05, 0.1) is 22.9 Å². The number of benzene rings is 1. The molecule has 1 aromatic heterocycles. The number of hydrogen-bond donors (Lipinski definition) is 3. The number of carboxylic acid groups (broad SMARTS) is 1. The van der Waals surface area contributed by atoms with Crippen molar-refractivity contribution in [3.63, 3.8) is 0 Å². The summed E-state index contributed by atoms with van der Waals surface area (Å²) in [7, 11) is -3.03. The molecule has 11 heteroatoms. The van der Waals surface area contributed by atoms with Crippen molar-refractivity contribution in [3.05, 3.63) is 36.0 Å². The van der Waals surface area contributed by atoms with E-state index in [4.69, 9.17) is 4.89 Å². The van der Waals surface area contributed by atoms with Crippen LogP contribution in [0.25, 0.3) is 10.9 Å². The van der Waals surface area contributed by atoms with Gasteiger partial charge in [-0.15, -0.1) is 0 Å². The standard InChI is InChI=1S/C11H12IN2O4P.C6H10INO/c12-14(19(17)18)10(11(15)16)5-7-6-13-9-4-2-1-3-8(7)9;1-4(2)3-5-6(9)8(5)7/h1-4,6,10,13,19H,5H2,(H,15,16)(H,17,18);4-5H,3H2,1-2H3. The Morgan fingerprint density at radius 1 is 1.39 bits per heavy atom. The van der Waals surface area contributed by atoms with Gasteiger partial charge in [-0.05, 0) is 24.0 Å². The zero-order valence-electron chi connectivity index (χ0n) is 15.3. The predicted octanol–water partition coefficient (Wildman–Crippen LogP) is 3.79. The second kappa shape index (κ2) is 10.4. The van der Waals surface area contributed by atoms with E-state index in [0.29, 0.717) is 11.8 Å². The van der Waals surface area contributed by atoms with E-state index in [9.17, 15) is 19.3 Å². The number of carbonyl (C=O) groups excluding carboxylic acids is 1. The topological polar surface area (TPSA) is 114 Å². The van der Waals surface area contributed by atoms with Crippen LogP contribution in [-0.2, 0) is 20.6 Å². The van der Waals surface area contributed by atoms with Gasteiger partial charge in [-0.1, -0.05) is 32.0 Å². The Hall–Kier alpha value is -0.690. The van der Waals surface area contributed by atoms with Crippen molar-refractivity contribution >= 4 is 76.7 Å². The van der Waals surface area contributed by atoms with E-state index in [-0.39, 0.29) is 12.5 Å². The highest BCUT2D eigenvalue weighted by Gasteiger charge is 2.44. The summed E-state index contributed by atoms with van der Waals surface area (Å²) in [6, 6.07) is 6.74. The molecule has 1 aliphatic rings. The lowest BCUT2D eigenvalue weighted by molar-refractivity contribution is -0.140. The average Bonchev–Trinajstić information content (AvgIpc) is 3.04. The fourth-order valence-corrected chi connectivity index (χ4v) is 4.31. The zero-order valence-corrected chi connectivity index (χ0v) is 20.6. The second-order valence-corrected chi connectivity index (χ2v) is 10.8. The Bertz CT molecular complexity index is 875. The second-order valence-electron chi connectivity index (χ2n) is 6.81. The van der Waals surface area contributed by atoms with Crippen molar-refractivity contribution in [1.82, 2.24) is 11.0 Å². The fraction of sp³-hybridized carbons (Fsp3) is 0.412. The van der Waals surface area contributed by atoms with Gasteiger partial charge in [0.1, 0.15) is 12.1 Å². The van der Waals surface area contributed by atoms with Crippen LogP contribution in [0, 0.1) is 5.92 Å². The number of aromatic amines is 1. The highest BCUT2D eigenvalue weighted by molar-refractivity contribution is 14.1. The third-order valence-electron chi connectivity index (χ3n) is 4.23. The summed E-state index contributed by atoms with van der Waals surface area (Å²) < 4.78 is 13.8. The van der Waals surface area contributed by atoms with Gasteiger partial charge in [-0.25, -0.2) is 0 Å². The normalized spacial score (nSPS) is 18.2. The minimum atomic E-state index is -3.03. The lowest BCUT2D eigenvalue weighted by Crippen LogP contribution is -2.32. The highest BCUT2D eigenvalue weighted by atomic mass is 127. The third-order valence-corrected chi connectivity index (χ3v) is 7.96. The minimum absolute atomic E-state index is 0.166. The van der Waals surface area contributed by atoms with Gasteiger partial charge in [0, 0.05) is 46.4 Å². The zero-order chi connectivity index (χ0) is 21.0. The number of fused-ring (bicyclic) bond motifs is 1. The monoisotopic (exact) mass is 633 g/mol. The number of aliphatic carboxylic acids is 1. The van der Waals surface area contributed by atoms with E-state index in [2.05, 4.69) is 41.7 Å². The molecule has 3 unspecified atom stereocenters. The number of nitrogens with one attached hydrogen (secondary N) is 1. The smallest absolute Gasteiger partial charge is 0.322 e. The molecule has 3 rings (SSSR count). The van der Waals surface area contributed by atoms with E-state index < -0.39 is 20.2 Å². The summed E-state index contributed by atoms with van der Waals surface area (Å²) in [6.07, 6.45) is 2.92. The van der Waals surface area contributed by atoms with Crippen molar-refractivity contribution in [2.45, 2.75) is 38.8 Å². The summed E-state index contributed by atoms with van der Waals surface area (Å²) in [6.45, 7) is 4.27. The molecule has 28 heavy (non-hydrogen) atoms. The number of nitrogens with zero attached hydrogens (tertiary/aromatic N) is 2. The Morgan fingerprint density at radius 3 is 2.46 bits per heavy atom. The Morgan fingerprint density at radius 2 is 2.00 bits per heavy atom. The third kappa shape index (κ3) is 6.15. The lowest BCUT2D eigenvalue weighted by Gasteiger charge is -2.18. The maximum Gasteiger partial charge on any atom is 0.322 e. The predicted molar refractivity (Wildman–Crippen MR) is 125 cm³/mol. The molecular formula is C17H22I2N3O5P. The number of H-pyrrole nitrogens is 1. The quantitative estimate of drug-likeness (QED) is 0.185.